The first-order chi connectivity index (χ1) is 16.9. The lowest BCUT2D eigenvalue weighted by Crippen LogP contribution is -2.56. The summed E-state index contributed by atoms with van der Waals surface area (Å²) in [6.07, 6.45) is 5.00. The number of Topliss-reactive ketones (excluding diaryl/α,β-unsaturated/α-hetero) is 1. The van der Waals surface area contributed by atoms with Gasteiger partial charge >= 0.3 is 5.97 Å². The van der Waals surface area contributed by atoms with Gasteiger partial charge in [0.05, 0.1) is 18.3 Å². The van der Waals surface area contributed by atoms with E-state index in [1.54, 1.807) is 13.8 Å². The Morgan fingerprint density at radius 1 is 1.17 bits per heavy atom. The van der Waals surface area contributed by atoms with Gasteiger partial charge in [-0.25, -0.2) is 0 Å². The van der Waals surface area contributed by atoms with Crippen molar-refractivity contribution in [2.24, 2.45) is 46.8 Å². The Morgan fingerprint density at radius 2 is 1.89 bits per heavy atom. The lowest BCUT2D eigenvalue weighted by Gasteiger charge is -2.55. The highest BCUT2D eigenvalue weighted by Crippen LogP contribution is 2.72. The van der Waals surface area contributed by atoms with Crippen molar-refractivity contribution in [1.82, 2.24) is 0 Å². The zero-order valence-electron chi connectivity index (χ0n) is 22.6. The molecule has 1 saturated heterocycles. The van der Waals surface area contributed by atoms with Gasteiger partial charge in [0.2, 0.25) is 0 Å². The molecule has 12 unspecified atom stereocenters. The van der Waals surface area contributed by atoms with Crippen LogP contribution in [0.15, 0.2) is 0 Å². The minimum atomic E-state index is -0.969. The number of ether oxygens (including phenoxy) is 2. The van der Waals surface area contributed by atoms with Crippen LogP contribution < -0.4 is 0 Å². The van der Waals surface area contributed by atoms with Gasteiger partial charge in [0, 0.05) is 31.1 Å². The van der Waals surface area contributed by atoms with E-state index in [4.69, 9.17) is 9.47 Å². The number of hydrogen-bond donors (Lipinski definition) is 3. The highest BCUT2D eigenvalue weighted by Gasteiger charge is 2.81. The number of ketones is 1. The monoisotopic (exact) mass is 506 g/mol. The summed E-state index contributed by atoms with van der Waals surface area (Å²) in [4.78, 5) is 24.2. The maximum atomic E-state index is 12.1. The van der Waals surface area contributed by atoms with E-state index in [2.05, 4.69) is 0 Å². The molecule has 0 amide bonds. The molecule has 3 N–H and O–H groups in total. The van der Waals surface area contributed by atoms with Crippen LogP contribution in [0.25, 0.3) is 0 Å². The number of fused-ring (bicyclic) bond motifs is 6. The van der Waals surface area contributed by atoms with Gasteiger partial charge < -0.3 is 24.8 Å². The Balaban J connectivity index is 1.43. The van der Waals surface area contributed by atoms with E-state index in [0.717, 1.165) is 38.5 Å². The molecular weight excluding hydrogens is 460 g/mol. The molecule has 0 aromatic heterocycles. The van der Waals surface area contributed by atoms with Crippen molar-refractivity contribution < 1.29 is 34.4 Å². The Kier molecular flexibility index (Phi) is 6.67. The van der Waals surface area contributed by atoms with Gasteiger partial charge in [-0.2, -0.15) is 0 Å². The van der Waals surface area contributed by atoms with E-state index >= 15 is 0 Å². The molecule has 36 heavy (non-hydrogen) atoms. The Bertz CT molecular complexity index is 881. The second kappa shape index (κ2) is 9.03. The summed E-state index contributed by atoms with van der Waals surface area (Å²) in [6.45, 7) is 8.77. The molecule has 1 heterocycles. The average molecular weight is 507 g/mol. The van der Waals surface area contributed by atoms with Crippen molar-refractivity contribution in [1.29, 1.82) is 0 Å². The lowest BCUT2D eigenvalue weighted by atomic mass is 9.49. The minimum absolute atomic E-state index is 0.0523. The number of hydrogen-bond acceptors (Lipinski definition) is 7. The van der Waals surface area contributed by atoms with Crippen LogP contribution >= 0.6 is 0 Å². The molecule has 0 bridgehead atoms. The molecule has 0 radical (unpaired) electrons. The van der Waals surface area contributed by atoms with Gasteiger partial charge in [0.25, 0.3) is 0 Å². The highest BCUT2D eigenvalue weighted by atomic mass is 16.7. The Labute approximate surface area is 215 Å². The summed E-state index contributed by atoms with van der Waals surface area (Å²) in [5, 5.41) is 33.2. The lowest BCUT2D eigenvalue weighted by molar-refractivity contribution is -0.154. The fourth-order valence-corrected chi connectivity index (χ4v) is 9.55. The third-order valence-electron chi connectivity index (χ3n) is 11.7. The molecule has 7 heteroatoms. The molecule has 1 spiro atoms. The first-order valence-corrected chi connectivity index (χ1v) is 14.3. The number of epoxide rings is 1. The van der Waals surface area contributed by atoms with Gasteiger partial charge in [-0.1, -0.05) is 13.8 Å². The molecule has 0 aromatic rings. The van der Waals surface area contributed by atoms with Crippen LogP contribution in [0.4, 0.5) is 0 Å². The average Bonchev–Trinajstić information content (AvgIpc) is 3.52. The van der Waals surface area contributed by atoms with E-state index in [0.29, 0.717) is 42.3 Å². The topological polar surface area (TPSA) is 117 Å². The van der Waals surface area contributed by atoms with Gasteiger partial charge in [-0.15, -0.1) is 0 Å². The predicted molar refractivity (Wildman–Crippen MR) is 133 cm³/mol. The van der Waals surface area contributed by atoms with Crippen molar-refractivity contribution in [2.45, 2.75) is 115 Å². The second-order valence-corrected chi connectivity index (χ2v) is 13.5. The standard InChI is InChI=1S/C29H46O7/c1-15(16(2)27(4,5)34)25(35-17(3)31)26-29(36-26)24(33)13-23-22-8-6-18-12-19(32)7-9-20(18)21(22)10-11-28(23,29)14-30/h15-16,18,20-26,30,33-34H,6-14H2,1-5H3. The van der Waals surface area contributed by atoms with Crippen LogP contribution in [0, 0.1) is 46.8 Å². The maximum absolute atomic E-state index is 12.1. The Morgan fingerprint density at radius 3 is 2.53 bits per heavy atom. The van der Waals surface area contributed by atoms with Crippen LogP contribution in [-0.4, -0.2) is 63.2 Å². The van der Waals surface area contributed by atoms with Crippen molar-refractivity contribution in [3.63, 3.8) is 0 Å². The fraction of sp³-hybridized carbons (Fsp3) is 0.931. The summed E-state index contributed by atoms with van der Waals surface area (Å²) in [6, 6.07) is 0. The first kappa shape index (κ1) is 26.6. The predicted octanol–water partition coefficient (Wildman–Crippen LogP) is 3.26. The number of rotatable bonds is 6. The second-order valence-electron chi connectivity index (χ2n) is 13.5. The largest absolute Gasteiger partial charge is 0.459 e. The van der Waals surface area contributed by atoms with Crippen LogP contribution in [0.1, 0.15) is 86.0 Å². The van der Waals surface area contributed by atoms with Crippen LogP contribution in [0.3, 0.4) is 0 Å². The first-order valence-electron chi connectivity index (χ1n) is 14.3. The zero-order valence-corrected chi connectivity index (χ0v) is 22.6. The van der Waals surface area contributed by atoms with Crippen molar-refractivity contribution in [2.75, 3.05) is 6.61 Å². The smallest absolute Gasteiger partial charge is 0.303 e. The molecule has 4 aliphatic carbocycles. The van der Waals surface area contributed by atoms with E-state index in [1.165, 1.54) is 6.92 Å². The molecule has 7 nitrogen and oxygen atoms in total. The molecule has 204 valence electrons. The fourth-order valence-electron chi connectivity index (χ4n) is 9.55. The molecule has 0 aromatic carbocycles. The third-order valence-corrected chi connectivity index (χ3v) is 11.7. The summed E-state index contributed by atoms with van der Waals surface area (Å²) in [5.41, 5.74) is -2.46. The van der Waals surface area contributed by atoms with E-state index < -0.39 is 40.9 Å². The molecule has 4 saturated carbocycles. The van der Waals surface area contributed by atoms with Crippen molar-refractivity contribution in [3.05, 3.63) is 0 Å². The normalized spacial score (nSPS) is 46.3. The molecule has 5 fully saturated rings. The van der Waals surface area contributed by atoms with Crippen molar-refractivity contribution >= 4 is 11.8 Å². The molecule has 12 atom stereocenters. The van der Waals surface area contributed by atoms with Gasteiger partial charge in [-0.3, -0.25) is 9.59 Å². The zero-order chi connectivity index (χ0) is 26.2. The summed E-state index contributed by atoms with van der Waals surface area (Å²) < 4.78 is 12.3. The number of carbonyl (C=O) groups is 2. The van der Waals surface area contributed by atoms with E-state index in [1.807, 2.05) is 13.8 Å². The highest BCUT2D eigenvalue weighted by molar-refractivity contribution is 5.79. The number of aliphatic hydroxyl groups excluding tert-OH is 2. The third kappa shape index (κ3) is 3.82. The summed E-state index contributed by atoms with van der Waals surface area (Å²) in [5.74, 6) is 1.80. The Hall–Kier alpha value is -1.02. The number of esters is 1. The van der Waals surface area contributed by atoms with Crippen LogP contribution in [0.2, 0.25) is 0 Å². The quantitative estimate of drug-likeness (QED) is 0.374. The van der Waals surface area contributed by atoms with E-state index in [9.17, 15) is 24.9 Å². The number of carbonyl (C=O) groups excluding carboxylic acids is 2. The van der Waals surface area contributed by atoms with Crippen molar-refractivity contribution in [3.8, 4) is 0 Å². The van der Waals surface area contributed by atoms with Gasteiger partial charge in [0.15, 0.2) is 0 Å². The summed E-state index contributed by atoms with van der Waals surface area (Å²) in [7, 11) is 0. The molecule has 5 aliphatic rings. The van der Waals surface area contributed by atoms with Gasteiger partial charge in [-0.05, 0) is 87.9 Å². The molecule has 5 rings (SSSR count). The van der Waals surface area contributed by atoms with Gasteiger partial charge in [0.1, 0.15) is 23.6 Å². The van der Waals surface area contributed by atoms with Crippen LogP contribution in [0.5, 0.6) is 0 Å². The molecule has 1 aliphatic heterocycles. The van der Waals surface area contributed by atoms with E-state index in [-0.39, 0.29) is 24.4 Å². The summed E-state index contributed by atoms with van der Waals surface area (Å²) >= 11 is 0. The minimum Gasteiger partial charge on any atom is -0.459 e. The SMILES string of the molecule is CC(=O)OC(C(C)C(C)C(C)(C)O)C1OC12C(O)CC1C3CCC4CC(=O)CCC4C3CCC12CO. The maximum Gasteiger partial charge on any atom is 0.303 e. The molecular formula is C29H46O7. The number of aliphatic hydroxyl groups is 3. The van der Waals surface area contributed by atoms with Crippen LogP contribution in [-0.2, 0) is 19.1 Å².